The van der Waals surface area contributed by atoms with Crippen molar-refractivity contribution < 1.29 is 23.1 Å². The van der Waals surface area contributed by atoms with Crippen LogP contribution in [0, 0.1) is 0 Å². The molecule has 0 amide bonds. The fraction of sp³-hybridized carbons (Fsp3) is 0.0714. The van der Waals surface area contributed by atoms with Gasteiger partial charge in [0.1, 0.15) is 15.8 Å². The third-order valence-electron chi connectivity index (χ3n) is 2.82. The van der Waals surface area contributed by atoms with Crippen molar-refractivity contribution in [2.24, 2.45) is 0 Å². The zero-order chi connectivity index (χ0) is 17.2. The van der Waals surface area contributed by atoms with Gasteiger partial charge >= 0.3 is 0 Å². The molecule has 0 fully saturated rings. The maximum atomic E-state index is 12.3. The Labute approximate surface area is 142 Å². The Morgan fingerprint density at radius 1 is 1.13 bits per heavy atom. The summed E-state index contributed by atoms with van der Waals surface area (Å²) in [6.07, 6.45) is 0. The van der Waals surface area contributed by atoms with E-state index >= 15 is 0 Å². The minimum absolute atomic E-state index is 0.131. The molecule has 0 saturated heterocycles. The number of carbonyl (C=O) groups excluding carboxylic acids is 1. The number of benzene rings is 2. The van der Waals surface area contributed by atoms with Crippen molar-refractivity contribution in [1.29, 1.82) is 0 Å². The molecule has 0 atom stereocenters. The number of carbonyl (C=O) groups is 1. The average molecular weight is 374 g/mol. The van der Waals surface area contributed by atoms with E-state index in [1.54, 1.807) is 0 Å². The van der Waals surface area contributed by atoms with Gasteiger partial charge in [-0.3, -0.25) is 0 Å². The first-order chi connectivity index (χ1) is 10.7. The molecule has 9 heteroatoms. The Hall–Kier alpha value is -1.96. The quantitative estimate of drug-likeness (QED) is 0.802. The van der Waals surface area contributed by atoms with E-state index in [1.165, 1.54) is 31.4 Å². The van der Waals surface area contributed by atoms with E-state index < -0.39 is 26.5 Å². The molecule has 0 aliphatic heterocycles. The highest BCUT2D eigenvalue weighted by molar-refractivity contribution is 7.94. The van der Waals surface area contributed by atoms with Gasteiger partial charge in [-0.05, 0) is 24.3 Å². The largest absolute Gasteiger partial charge is 0.573 e. The van der Waals surface area contributed by atoms with E-state index in [0.29, 0.717) is 5.75 Å². The summed E-state index contributed by atoms with van der Waals surface area (Å²) in [5, 5.41) is 10.5. The number of halogens is 2. The number of aromatic carboxylic acids is 1. The van der Waals surface area contributed by atoms with Crippen molar-refractivity contribution in [3.8, 4) is 5.75 Å². The molecule has 0 bridgehead atoms. The maximum Gasteiger partial charge on any atom is 0.124 e. The molecule has 0 N–H and O–H groups in total. The predicted molar refractivity (Wildman–Crippen MR) is 84.0 cm³/mol. The Kier molecular flexibility index (Phi) is 5.03. The second-order valence-corrected chi connectivity index (χ2v) is 6.70. The summed E-state index contributed by atoms with van der Waals surface area (Å²) < 4.78 is 33.2. The molecule has 0 saturated carbocycles. The standard InChI is InChI=1S/C14H10Cl2NO5S/c1-22-9-4-2-8(3-5-9)17-23(20,21)13-6-10(14(18)19)11(15)7-12(13)16/h2-7H,1H3,(H,18,19)/q-1/p-1. The molecule has 6 nitrogen and oxygen atoms in total. The minimum Gasteiger partial charge on any atom is -0.573 e. The molecule has 23 heavy (non-hydrogen) atoms. The van der Waals surface area contributed by atoms with Crippen molar-refractivity contribution in [3.63, 3.8) is 0 Å². The number of hydrogen-bond donors (Lipinski definition) is 0. The van der Waals surface area contributed by atoms with Crippen LogP contribution in [0.3, 0.4) is 0 Å². The number of hydrogen-bond acceptors (Lipinski definition) is 5. The lowest BCUT2D eigenvalue weighted by Gasteiger charge is -2.23. The lowest BCUT2D eigenvalue weighted by molar-refractivity contribution is -0.255. The second-order valence-electron chi connectivity index (χ2n) is 4.31. The number of carboxylic acids is 1. The maximum absolute atomic E-state index is 12.3. The van der Waals surface area contributed by atoms with E-state index in [2.05, 4.69) is 4.72 Å². The highest BCUT2D eigenvalue weighted by Crippen LogP contribution is 2.35. The molecule has 0 heterocycles. The van der Waals surface area contributed by atoms with Crippen LogP contribution in [0.5, 0.6) is 5.75 Å². The number of ether oxygens (including phenoxy) is 1. The highest BCUT2D eigenvalue weighted by Gasteiger charge is 2.15. The van der Waals surface area contributed by atoms with E-state index in [4.69, 9.17) is 27.9 Å². The van der Waals surface area contributed by atoms with E-state index in [1.807, 2.05) is 0 Å². The van der Waals surface area contributed by atoms with E-state index in [0.717, 1.165) is 12.1 Å². The summed E-state index contributed by atoms with van der Waals surface area (Å²) in [5.41, 5.74) is -0.355. The highest BCUT2D eigenvalue weighted by atomic mass is 35.5. The van der Waals surface area contributed by atoms with Gasteiger partial charge in [-0.2, -0.15) is 0 Å². The van der Waals surface area contributed by atoms with E-state index in [-0.39, 0.29) is 15.7 Å². The van der Waals surface area contributed by atoms with Gasteiger partial charge in [-0.1, -0.05) is 35.3 Å². The fourth-order valence-electron chi connectivity index (χ4n) is 1.71. The molecule has 122 valence electrons. The predicted octanol–water partition coefficient (Wildman–Crippen LogP) is 2.76. The Bertz CT molecular complexity index is 850. The second kappa shape index (κ2) is 6.66. The van der Waals surface area contributed by atoms with Crippen LogP contribution in [0.1, 0.15) is 10.4 Å². The van der Waals surface area contributed by atoms with Gasteiger partial charge < -0.3 is 19.4 Å². The van der Waals surface area contributed by atoms with Crippen LogP contribution in [0.15, 0.2) is 41.3 Å². The summed E-state index contributed by atoms with van der Waals surface area (Å²) in [7, 11) is -2.76. The number of methoxy groups -OCH3 is 1. The van der Waals surface area contributed by atoms with Crippen molar-refractivity contribution in [1.82, 2.24) is 0 Å². The van der Waals surface area contributed by atoms with Crippen molar-refractivity contribution in [3.05, 3.63) is 56.7 Å². The summed E-state index contributed by atoms with van der Waals surface area (Å²) in [5.74, 6) is -1.09. The van der Waals surface area contributed by atoms with Crippen LogP contribution in [0.4, 0.5) is 5.69 Å². The monoisotopic (exact) mass is 373 g/mol. The van der Waals surface area contributed by atoms with Gasteiger partial charge in [0, 0.05) is 5.56 Å². The Balaban J connectivity index is 2.42. The van der Waals surface area contributed by atoms with Gasteiger partial charge in [0.25, 0.3) is 0 Å². The minimum atomic E-state index is -4.23. The third-order valence-corrected chi connectivity index (χ3v) is 4.90. The van der Waals surface area contributed by atoms with Gasteiger partial charge in [0.15, 0.2) is 0 Å². The molecule has 0 spiro atoms. The van der Waals surface area contributed by atoms with Gasteiger partial charge in [0.2, 0.25) is 0 Å². The summed E-state index contributed by atoms with van der Waals surface area (Å²) in [4.78, 5) is 10.5. The zero-order valence-electron chi connectivity index (χ0n) is 11.6. The number of nitrogens with zero attached hydrogens (tertiary/aromatic N) is 1. The molecule has 0 unspecified atom stereocenters. The molecule has 0 aromatic heterocycles. The first-order valence-electron chi connectivity index (χ1n) is 6.07. The van der Waals surface area contributed by atoms with Crippen LogP contribution in [0.2, 0.25) is 10.0 Å². The van der Waals surface area contributed by atoms with Crippen molar-refractivity contribution in [2.75, 3.05) is 7.11 Å². The molecular formula is C14H9Cl2NO5S-2. The number of sulfonamides is 1. The number of rotatable bonds is 5. The van der Waals surface area contributed by atoms with Crippen LogP contribution < -0.4 is 9.84 Å². The smallest absolute Gasteiger partial charge is 0.124 e. The SMILES string of the molecule is COc1ccc([N-]S(=O)(=O)c2cc(C(=O)[O-])c(Cl)cc2Cl)cc1. The normalized spacial score (nSPS) is 11.1. The lowest BCUT2D eigenvalue weighted by Crippen LogP contribution is -2.23. The lowest BCUT2D eigenvalue weighted by atomic mass is 10.2. The molecule has 0 radical (unpaired) electrons. The van der Waals surface area contributed by atoms with Gasteiger partial charge in [0.05, 0.1) is 28.0 Å². The summed E-state index contributed by atoms with van der Waals surface area (Å²) >= 11 is 11.5. The Morgan fingerprint density at radius 2 is 1.74 bits per heavy atom. The number of carboxylic acid groups (broad SMARTS) is 1. The molecule has 2 aromatic rings. The molecule has 2 aromatic carbocycles. The molecular weight excluding hydrogens is 365 g/mol. The first-order valence-corrected chi connectivity index (χ1v) is 8.26. The van der Waals surface area contributed by atoms with Crippen molar-refractivity contribution in [2.45, 2.75) is 4.90 Å². The van der Waals surface area contributed by atoms with Gasteiger partial charge in [-0.25, -0.2) is 8.42 Å². The van der Waals surface area contributed by atoms with Crippen LogP contribution in [-0.2, 0) is 10.0 Å². The summed E-state index contributed by atoms with van der Waals surface area (Å²) in [6.45, 7) is 0. The molecule has 0 aliphatic carbocycles. The van der Waals surface area contributed by atoms with E-state index in [9.17, 15) is 18.3 Å². The molecule has 2 rings (SSSR count). The summed E-state index contributed by atoms with van der Waals surface area (Å²) in [6, 6.07) is 7.77. The topological polar surface area (TPSA) is 97.6 Å². The average Bonchev–Trinajstić information content (AvgIpc) is 2.46. The van der Waals surface area contributed by atoms with Gasteiger partial charge in [-0.15, -0.1) is 5.69 Å². The zero-order valence-corrected chi connectivity index (χ0v) is 13.9. The first kappa shape index (κ1) is 17.4. The van der Waals surface area contributed by atoms with Crippen molar-refractivity contribution >= 4 is 44.9 Å². The fourth-order valence-corrected chi connectivity index (χ4v) is 3.54. The van der Waals surface area contributed by atoms with Crippen LogP contribution in [0.25, 0.3) is 4.72 Å². The Morgan fingerprint density at radius 3 is 2.26 bits per heavy atom. The van der Waals surface area contributed by atoms with Crippen LogP contribution >= 0.6 is 23.2 Å². The third kappa shape index (κ3) is 3.87. The molecule has 0 aliphatic rings. The van der Waals surface area contributed by atoms with Crippen LogP contribution in [-0.4, -0.2) is 21.5 Å².